The fraction of sp³-hybridized carbons (Fsp3) is 0.440. The van der Waals surface area contributed by atoms with Crippen LogP contribution in [0, 0.1) is 0 Å². The van der Waals surface area contributed by atoms with Gasteiger partial charge in [0.1, 0.15) is 24.1 Å². The molecule has 0 aliphatic rings. The van der Waals surface area contributed by atoms with Crippen LogP contribution in [0.2, 0.25) is 5.02 Å². The number of hydrogen-bond donors (Lipinski definition) is 1. The van der Waals surface area contributed by atoms with Crippen molar-refractivity contribution in [2.45, 2.75) is 45.8 Å². The van der Waals surface area contributed by atoms with E-state index in [-0.39, 0.29) is 29.9 Å². The molecule has 0 bridgehead atoms. The van der Waals surface area contributed by atoms with Gasteiger partial charge in [0, 0.05) is 23.7 Å². The van der Waals surface area contributed by atoms with Gasteiger partial charge in [0.15, 0.2) is 0 Å². The molecule has 0 saturated carbocycles. The van der Waals surface area contributed by atoms with E-state index in [0.717, 1.165) is 17.0 Å². The molecule has 2 amide bonds. The maximum atomic E-state index is 13.6. The van der Waals surface area contributed by atoms with Crippen molar-refractivity contribution >= 4 is 39.1 Å². The van der Waals surface area contributed by atoms with Crippen LogP contribution in [0.25, 0.3) is 0 Å². The Balaban J connectivity index is 2.47. The SMILES string of the molecule is CC[C@@H](C)NC(=O)[C@@H](C)N(Cc1ccccc1Cl)C(=O)CN(c1ccc(OC)cc1OC)S(C)(=O)=O. The Morgan fingerprint density at radius 3 is 2.31 bits per heavy atom. The topological polar surface area (TPSA) is 105 Å². The monoisotopic (exact) mass is 539 g/mol. The molecule has 0 radical (unpaired) electrons. The summed E-state index contributed by atoms with van der Waals surface area (Å²) in [4.78, 5) is 27.9. The molecule has 0 aliphatic carbocycles. The number of anilines is 1. The lowest BCUT2D eigenvalue weighted by atomic mass is 10.1. The number of rotatable bonds is 12. The molecule has 0 saturated heterocycles. The second kappa shape index (κ2) is 12.8. The van der Waals surface area contributed by atoms with E-state index >= 15 is 0 Å². The van der Waals surface area contributed by atoms with Crippen LogP contribution in [-0.2, 0) is 26.2 Å². The summed E-state index contributed by atoms with van der Waals surface area (Å²) in [5.74, 6) is -0.249. The molecule has 0 aliphatic heterocycles. The molecular weight excluding hydrogens is 506 g/mol. The van der Waals surface area contributed by atoms with E-state index < -0.39 is 28.5 Å². The zero-order chi connectivity index (χ0) is 27.0. The van der Waals surface area contributed by atoms with Crippen molar-refractivity contribution in [2.75, 3.05) is 31.3 Å². The van der Waals surface area contributed by atoms with E-state index in [1.807, 2.05) is 13.8 Å². The summed E-state index contributed by atoms with van der Waals surface area (Å²) in [7, 11) is -1.04. The van der Waals surface area contributed by atoms with E-state index in [9.17, 15) is 18.0 Å². The van der Waals surface area contributed by atoms with Crippen LogP contribution in [0.1, 0.15) is 32.8 Å². The van der Waals surface area contributed by atoms with Crippen molar-refractivity contribution in [3.05, 3.63) is 53.1 Å². The molecule has 0 fully saturated rings. The second-order valence-electron chi connectivity index (χ2n) is 8.41. The third-order valence-electron chi connectivity index (χ3n) is 5.80. The Bertz CT molecular complexity index is 1170. The van der Waals surface area contributed by atoms with E-state index in [0.29, 0.717) is 16.3 Å². The van der Waals surface area contributed by atoms with Crippen molar-refractivity contribution in [1.29, 1.82) is 0 Å². The second-order valence-corrected chi connectivity index (χ2v) is 10.7. The molecule has 0 unspecified atom stereocenters. The fourth-order valence-electron chi connectivity index (χ4n) is 3.44. The Hall–Kier alpha value is -2.98. The molecule has 9 nitrogen and oxygen atoms in total. The summed E-state index contributed by atoms with van der Waals surface area (Å²) in [6.07, 6.45) is 1.72. The maximum absolute atomic E-state index is 13.6. The standard InChI is InChI=1S/C25H34ClN3O6S/c1-7-17(2)27-25(31)18(3)28(15-19-10-8-9-11-21(19)26)24(30)16-29(36(6,32)33)22-13-12-20(34-4)14-23(22)35-5/h8-14,17-18H,7,15-16H2,1-6H3,(H,27,31)/t17-,18-/m1/s1. The molecular formula is C25H34ClN3O6S. The number of carbonyl (C=O) groups is 2. The number of benzene rings is 2. The van der Waals surface area contributed by atoms with Crippen molar-refractivity contribution in [3.63, 3.8) is 0 Å². The molecule has 0 spiro atoms. The zero-order valence-electron chi connectivity index (χ0n) is 21.4. The first-order valence-electron chi connectivity index (χ1n) is 11.5. The number of sulfonamides is 1. The highest BCUT2D eigenvalue weighted by Crippen LogP contribution is 2.33. The van der Waals surface area contributed by atoms with Gasteiger partial charge in [-0.2, -0.15) is 0 Å². The van der Waals surface area contributed by atoms with E-state index in [2.05, 4.69) is 5.32 Å². The number of nitrogens with zero attached hydrogens (tertiary/aromatic N) is 2. The van der Waals surface area contributed by atoms with E-state index in [4.69, 9.17) is 21.1 Å². The summed E-state index contributed by atoms with van der Waals surface area (Å²) < 4.78 is 37.1. The molecule has 0 aromatic heterocycles. The third-order valence-corrected chi connectivity index (χ3v) is 7.30. The van der Waals surface area contributed by atoms with Gasteiger partial charge in [0.05, 0.1) is 26.2 Å². The van der Waals surface area contributed by atoms with Gasteiger partial charge in [-0.3, -0.25) is 13.9 Å². The molecule has 36 heavy (non-hydrogen) atoms. The van der Waals surface area contributed by atoms with E-state index in [1.165, 1.54) is 31.3 Å². The Morgan fingerprint density at radius 1 is 1.08 bits per heavy atom. The van der Waals surface area contributed by atoms with Gasteiger partial charge >= 0.3 is 0 Å². The van der Waals surface area contributed by atoms with Crippen molar-refractivity contribution in [3.8, 4) is 11.5 Å². The van der Waals surface area contributed by atoms with Gasteiger partial charge in [0.25, 0.3) is 0 Å². The number of amides is 2. The fourth-order valence-corrected chi connectivity index (χ4v) is 4.49. The number of carbonyl (C=O) groups excluding carboxylic acids is 2. The van der Waals surface area contributed by atoms with Crippen LogP contribution in [0.4, 0.5) is 5.69 Å². The minimum atomic E-state index is -3.91. The molecule has 1 N–H and O–H groups in total. The first kappa shape index (κ1) is 29.3. The highest BCUT2D eigenvalue weighted by atomic mass is 35.5. The molecule has 11 heteroatoms. The molecule has 2 aromatic rings. The average Bonchev–Trinajstić information content (AvgIpc) is 2.85. The normalized spacial score (nSPS) is 12.9. The summed E-state index contributed by atoms with van der Waals surface area (Å²) in [6.45, 7) is 4.88. The summed E-state index contributed by atoms with van der Waals surface area (Å²) >= 11 is 6.33. The molecule has 198 valence electrons. The van der Waals surface area contributed by atoms with Gasteiger partial charge in [-0.1, -0.05) is 36.7 Å². The first-order chi connectivity index (χ1) is 16.9. The number of nitrogens with one attached hydrogen (secondary N) is 1. The Labute approximate surface area is 218 Å². The molecule has 2 atom stereocenters. The smallest absolute Gasteiger partial charge is 0.244 e. The first-order valence-corrected chi connectivity index (χ1v) is 13.7. The molecule has 2 aromatic carbocycles. The maximum Gasteiger partial charge on any atom is 0.244 e. The number of hydrogen-bond acceptors (Lipinski definition) is 6. The quantitative estimate of drug-likeness (QED) is 0.443. The number of halogens is 1. The Morgan fingerprint density at radius 2 is 1.75 bits per heavy atom. The zero-order valence-corrected chi connectivity index (χ0v) is 23.0. The van der Waals surface area contributed by atoms with Gasteiger partial charge < -0.3 is 19.7 Å². The lowest BCUT2D eigenvalue weighted by Crippen LogP contribution is -2.52. The highest BCUT2D eigenvalue weighted by Gasteiger charge is 2.31. The summed E-state index contributed by atoms with van der Waals surface area (Å²) in [6, 6.07) is 10.6. The predicted molar refractivity (Wildman–Crippen MR) is 141 cm³/mol. The van der Waals surface area contributed by atoms with Gasteiger partial charge in [-0.05, 0) is 44.0 Å². The van der Waals surface area contributed by atoms with Gasteiger partial charge in [0.2, 0.25) is 21.8 Å². The summed E-state index contributed by atoms with van der Waals surface area (Å²) in [5, 5.41) is 3.31. The third kappa shape index (κ3) is 7.51. The largest absolute Gasteiger partial charge is 0.497 e. The highest BCUT2D eigenvalue weighted by molar-refractivity contribution is 7.92. The van der Waals surface area contributed by atoms with Crippen molar-refractivity contribution in [1.82, 2.24) is 10.2 Å². The number of methoxy groups -OCH3 is 2. The lowest BCUT2D eigenvalue weighted by Gasteiger charge is -2.32. The van der Waals surface area contributed by atoms with Crippen LogP contribution < -0.4 is 19.1 Å². The van der Waals surface area contributed by atoms with Crippen LogP contribution >= 0.6 is 11.6 Å². The number of ether oxygens (including phenoxy) is 2. The predicted octanol–water partition coefficient (Wildman–Crippen LogP) is 3.46. The van der Waals surface area contributed by atoms with Crippen molar-refractivity contribution < 1.29 is 27.5 Å². The molecule has 2 rings (SSSR count). The minimum Gasteiger partial charge on any atom is -0.497 e. The Kier molecular flexibility index (Phi) is 10.4. The van der Waals surface area contributed by atoms with Gasteiger partial charge in [-0.15, -0.1) is 0 Å². The van der Waals surface area contributed by atoms with E-state index in [1.54, 1.807) is 37.3 Å². The van der Waals surface area contributed by atoms with Crippen LogP contribution in [0.15, 0.2) is 42.5 Å². The van der Waals surface area contributed by atoms with Crippen LogP contribution in [0.3, 0.4) is 0 Å². The minimum absolute atomic E-state index is 0.0188. The van der Waals surface area contributed by atoms with Crippen molar-refractivity contribution in [2.24, 2.45) is 0 Å². The van der Waals surface area contributed by atoms with Crippen LogP contribution in [0.5, 0.6) is 11.5 Å². The van der Waals surface area contributed by atoms with Crippen LogP contribution in [-0.4, -0.2) is 64.2 Å². The molecule has 0 heterocycles. The summed E-state index contributed by atoms with van der Waals surface area (Å²) in [5.41, 5.74) is 0.798. The van der Waals surface area contributed by atoms with Gasteiger partial charge in [-0.25, -0.2) is 8.42 Å². The lowest BCUT2D eigenvalue weighted by molar-refractivity contribution is -0.139. The average molecular weight is 540 g/mol.